The third-order valence-corrected chi connectivity index (χ3v) is 3.36. The van der Waals surface area contributed by atoms with Crippen molar-refractivity contribution in [1.29, 1.82) is 0 Å². The Balaban J connectivity index is 3.05. The minimum Gasteiger partial charge on any atom is -0.395 e. The Bertz CT molecular complexity index is 427. The van der Waals surface area contributed by atoms with Gasteiger partial charge in [-0.2, -0.15) is 0 Å². The average Bonchev–Trinajstić information content (AvgIpc) is 2.33. The van der Waals surface area contributed by atoms with Gasteiger partial charge in [0.05, 0.1) is 6.61 Å². The summed E-state index contributed by atoms with van der Waals surface area (Å²) in [4.78, 5) is 2.20. The van der Waals surface area contributed by atoms with Gasteiger partial charge in [0.25, 0.3) is 0 Å². The predicted molar refractivity (Wildman–Crippen MR) is 87.6 cm³/mol. The van der Waals surface area contributed by atoms with Gasteiger partial charge in [0.2, 0.25) is 0 Å². The van der Waals surface area contributed by atoms with Crippen LogP contribution in [0.15, 0.2) is 18.2 Å². The summed E-state index contributed by atoms with van der Waals surface area (Å²) in [5.74, 6) is 0. The first-order chi connectivity index (χ1) is 9.24. The van der Waals surface area contributed by atoms with Crippen molar-refractivity contribution in [2.24, 2.45) is 0 Å². The van der Waals surface area contributed by atoms with Crippen LogP contribution in [0.3, 0.4) is 0 Å². The lowest BCUT2D eigenvalue weighted by Gasteiger charge is -2.31. The van der Waals surface area contributed by atoms with E-state index in [4.69, 9.17) is 11.6 Å². The molecule has 1 aromatic carbocycles. The molecule has 0 amide bonds. The summed E-state index contributed by atoms with van der Waals surface area (Å²) >= 11 is 6.13. The van der Waals surface area contributed by atoms with E-state index in [1.54, 1.807) is 0 Å². The molecule has 0 unspecified atom stereocenters. The van der Waals surface area contributed by atoms with Gasteiger partial charge in [0, 0.05) is 35.4 Å². The highest BCUT2D eigenvalue weighted by molar-refractivity contribution is 6.30. The fourth-order valence-corrected chi connectivity index (χ4v) is 2.30. The summed E-state index contributed by atoms with van der Waals surface area (Å²) in [6, 6.07) is 6.28. The summed E-state index contributed by atoms with van der Waals surface area (Å²) in [5, 5.41) is 13.5. The fraction of sp³-hybridized carbons (Fsp3) is 0.625. The Kier molecular flexibility index (Phi) is 6.31. The second-order valence-corrected chi connectivity index (χ2v) is 6.82. The molecule has 1 aromatic rings. The van der Waals surface area contributed by atoms with Crippen molar-refractivity contribution >= 4 is 17.3 Å². The Hall–Kier alpha value is -0.770. The quantitative estimate of drug-likeness (QED) is 0.844. The highest BCUT2D eigenvalue weighted by atomic mass is 35.5. The fourth-order valence-electron chi connectivity index (χ4n) is 2.10. The zero-order chi connectivity index (χ0) is 15.3. The molecule has 3 nitrogen and oxygen atoms in total. The normalized spacial score (nSPS) is 12.0. The molecule has 0 spiro atoms. The smallest absolute Gasteiger partial charge is 0.0606 e. The molecule has 0 aliphatic heterocycles. The summed E-state index contributed by atoms with van der Waals surface area (Å²) in [6.07, 6.45) is 0. The third kappa shape index (κ3) is 5.31. The van der Waals surface area contributed by atoms with E-state index in [1.807, 2.05) is 18.2 Å². The molecule has 0 saturated carbocycles. The van der Waals surface area contributed by atoms with Gasteiger partial charge in [0.15, 0.2) is 0 Å². The van der Waals surface area contributed by atoms with Crippen molar-refractivity contribution < 1.29 is 5.11 Å². The highest BCUT2D eigenvalue weighted by Gasteiger charge is 2.16. The van der Waals surface area contributed by atoms with Crippen molar-refractivity contribution in [3.63, 3.8) is 0 Å². The number of benzene rings is 1. The summed E-state index contributed by atoms with van der Waals surface area (Å²) in [5.41, 5.74) is 2.35. The van der Waals surface area contributed by atoms with Crippen LogP contribution in [0.5, 0.6) is 0 Å². The van der Waals surface area contributed by atoms with E-state index in [0.717, 1.165) is 22.8 Å². The number of halogens is 1. The number of nitrogens with zero attached hydrogens (tertiary/aromatic N) is 1. The lowest BCUT2D eigenvalue weighted by Crippen LogP contribution is -2.37. The predicted octanol–water partition coefficient (Wildman–Crippen LogP) is 3.44. The Morgan fingerprint density at radius 2 is 1.95 bits per heavy atom. The molecular weight excluding hydrogens is 272 g/mol. The number of hydrogen-bond donors (Lipinski definition) is 2. The van der Waals surface area contributed by atoms with Gasteiger partial charge < -0.3 is 15.3 Å². The molecule has 0 aliphatic carbocycles. The first kappa shape index (κ1) is 17.3. The maximum absolute atomic E-state index is 9.27. The minimum atomic E-state index is 0.0548. The van der Waals surface area contributed by atoms with Crippen molar-refractivity contribution in [3.05, 3.63) is 28.8 Å². The number of hydrogen-bond acceptors (Lipinski definition) is 3. The van der Waals surface area contributed by atoms with Crippen molar-refractivity contribution in [1.82, 2.24) is 5.32 Å². The van der Waals surface area contributed by atoms with Crippen LogP contribution in [-0.2, 0) is 6.54 Å². The van der Waals surface area contributed by atoms with Crippen LogP contribution in [-0.4, -0.2) is 29.8 Å². The molecular formula is C16H27ClN2O. The van der Waals surface area contributed by atoms with E-state index in [1.165, 1.54) is 0 Å². The first-order valence-corrected chi connectivity index (χ1v) is 7.53. The Labute approximate surface area is 127 Å². The number of aliphatic hydroxyl groups is 1. The van der Waals surface area contributed by atoms with Crippen LogP contribution in [0.2, 0.25) is 5.02 Å². The largest absolute Gasteiger partial charge is 0.395 e. The van der Waals surface area contributed by atoms with E-state index in [2.05, 4.69) is 44.8 Å². The van der Waals surface area contributed by atoms with Crippen LogP contribution in [0.4, 0.5) is 5.69 Å². The first-order valence-electron chi connectivity index (χ1n) is 7.15. The highest BCUT2D eigenvalue weighted by Crippen LogP contribution is 2.26. The molecule has 20 heavy (non-hydrogen) atoms. The molecule has 0 fully saturated rings. The molecule has 0 atom stereocenters. The summed E-state index contributed by atoms with van der Waals surface area (Å²) < 4.78 is 0. The maximum atomic E-state index is 9.27. The van der Waals surface area contributed by atoms with E-state index in [0.29, 0.717) is 12.6 Å². The summed E-state index contributed by atoms with van der Waals surface area (Å²) in [7, 11) is 0. The minimum absolute atomic E-state index is 0.0548. The van der Waals surface area contributed by atoms with Gasteiger partial charge in [-0.15, -0.1) is 0 Å². The third-order valence-electron chi connectivity index (χ3n) is 3.12. The van der Waals surface area contributed by atoms with Crippen LogP contribution < -0.4 is 10.2 Å². The van der Waals surface area contributed by atoms with Crippen LogP contribution in [0.1, 0.15) is 40.2 Å². The van der Waals surface area contributed by atoms with Crippen molar-refractivity contribution in [2.75, 3.05) is 18.1 Å². The maximum Gasteiger partial charge on any atom is 0.0606 e. The molecule has 0 saturated heterocycles. The van der Waals surface area contributed by atoms with Crippen LogP contribution in [0.25, 0.3) is 0 Å². The van der Waals surface area contributed by atoms with Gasteiger partial charge in [-0.3, -0.25) is 0 Å². The average molecular weight is 299 g/mol. The zero-order valence-electron chi connectivity index (χ0n) is 13.2. The molecule has 0 bridgehead atoms. The van der Waals surface area contributed by atoms with E-state index >= 15 is 0 Å². The molecule has 4 heteroatoms. The molecule has 1 rings (SSSR count). The topological polar surface area (TPSA) is 35.5 Å². The van der Waals surface area contributed by atoms with Gasteiger partial charge in [-0.1, -0.05) is 11.6 Å². The Morgan fingerprint density at radius 1 is 1.30 bits per heavy atom. The van der Waals surface area contributed by atoms with Crippen molar-refractivity contribution in [2.45, 2.75) is 52.7 Å². The van der Waals surface area contributed by atoms with E-state index in [-0.39, 0.29) is 12.1 Å². The second kappa shape index (κ2) is 7.30. The van der Waals surface area contributed by atoms with Gasteiger partial charge in [0.1, 0.15) is 0 Å². The van der Waals surface area contributed by atoms with Crippen molar-refractivity contribution in [3.8, 4) is 0 Å². The lowest BCUT2D eigenvalue weighted by atomic mass is 10.1. The number of rotatable bonds is 6. The van der Waals surface area contributed by atoms with Gasteiger partial charge in [-0.05, 0) is 58.4 Å². The monoisotopic (exact) mass is 298 g/mol. The standard InChI is InChI=1S/C16H27ClN2O/c1-12(2)19(8-9-20)15-7-6-14(17)10-13(15)11-18-16(3,4)5/h6-7,10,12,18,20H,8-9,11H2,1-5H3. The van der Waals surface area contributed by atoms with Gasteiger partial charge in [-0.25, -0.2) is 0 Å². The molecule has 0 heterocycles. The lowest BCUT2D eigenvalue weighted by molar-refractivity contribution is 0.299. The van der Waals surface area contributed by atoms with Gasteiger partial charge >= 0.3 is 0 Å². The SMILES string of the molecule is CC(C)N(CCO)c1ccc(Cl)cc1CNC(C)(C)C. The summed E-state index contributed by atoms with van der Waals surface area (Å²) in [6.45, 7) is 12.2. The number of anilines is 1. The zero-order valence-corrected chi connectivity index (χ0v) is 14.0. The molecule has 0 radical (unpaired) electrons. The molecule has 0 aliphatic rings. The van der Waals surface area contributed by atoms with Crippen LogP contribution >= 0.6 is 11.6 Å². The van der Waals surface area contributed by atoms with Crippen LogP contribution in [0, 0.1) is 0 Å². The second-order valence-electron chi connectivity index (χ2n) is 6.39. The Morgan fingerprint density at radius 3 is 2.45 bits per heavy atom. The van der Waals surface area contributed by atoms with E-state index in [9.17, 15) is 5.11 Å². The molecule has 0 aromatic heterocycles. The number of aliphatic hydroxyl groups excluding tert-OH is 1. The molecule has 2 N–H and O–H groups in total. The number of nitrogens with one attached hydrogen (secondary N) is 1. The molecule has 114 valence electrons. The van der Waals surface area contributed by atoms with E-state index < -0.39 is 0 Å².